The average Bonchev–Trinajstić information content (AvgIpc) is 2.20. The van der Waals surface area contributed by atoms with Crippen molar-refractivity contribution in [2.45, 2.75) is 13.3 Å². The van der Waals surface area contributed by atoms with Crippen LogP contribution in [0.25, 0.3) is 0 Å². The number of esters is 1. The van der Waals surface area contributed by atoms with E-state index in [1.54, 1.807) is 19.1 Å². The van der Waals surface area contributed by atoms with Crippen LogP contribution in [0.5, 0.6) is 0 Å². The predicted molar refractivity (Wildman–Crippen MR) is 63.9 cm³/mol. The fraction of sp³-hybridized carbons (Fsp3) is 0.300. The topological polar surface area (TPSA) is 52.3 Å². The van der Waals surface area contributed by atoms with Crippen LogP contribution in [-0.4, -0.2) is 12.6 Å². The van der Waals surface area contributed by atoms with Crippen LogP contribution in [-0.2, 0) is 16.0 Å². The van der Waals surface area contributed by atoms with E-state index in [4.69, 9.17) is 22.1 Å². The Bertz CT molecular complexity index is 382. The molecule has 0 aliphatic carbocycles. The van der Waals surface area contributed by atoms with Crippen LogP contribution < -0.4 is 5.73 Å². The molecule has 0 unspecified atom stereocenters. The van der Waals surface area contributed by atoms with Gasteiger partial charge in [0, 0.05) is 4.47 Å². The molecule has 0 radical (unpaired) electrons. The summed E-state index contributed by atoms with van der Waals surface area (Å²) >= 11 is 9.23. The highest BCUT2D eigenvalue weighted by molar-refractivity contribution is 9.10. The Hall–Kier alpha value is -0.740. The van der Waals surface area contributed by atoms with Crippen molar-refractivity contribution in [2.24, 2.45) is 0 Å². The monoisotopic (exact) mass is 291 g/mol. The Balaban J connectivity index is 2.87. The lowest BCUT2D eigenvalue weighted by molar-refractivity contribution is -0.142. The molecule has 15 heavy (non-hydrogen) atoms. The van der Waals surface area contributed by atoms with Gasteiger partial charge in [0.25, 0.3) is 0 Å². The number of halogens is 2. The molecule has 0 spiro atoms. The van der Waals surface area contributed by atoms with Crippen LogP contribution in [0.2, 0.25) is 5.02 Å². The van der Waals surface area contributed by atoms with E-state index < -0.39 is 0 Å². The van der Waals surface area contributed by atoms with E-state index in [0.717, 1.165) is 4.47 Å². The maximum absolute atomic E-state index is 11.2. The number of hydrogen-bond donors (Lipinski definition) is 1. The zero-order valence-corrected chi connectivity index (χ0v) is 10.6. The molecule has 0 saturated heterocycles. The van der Waals surface area contributed by atoms with Crippen molar-refractivity contribution in [3.8, 4) is 0 Å². The van der Waals surface area contributed by atoms with Crippen molar-refractivity contribution in [3.63, 3.8) is 0 Å². The van der Waals surface area contributed by atoms with Crippen LogP contribution >= 0.6 is 27.5 Å². The summed E-state index contributed by atoms with van der Waals surface area (Å²) in [7, 11) is 0. The average molecular weight is 293 g/mol. The highest BCUT2D eigenvalue weighted by Gasteiger charge is 2.11. The predicted octanol–water partition coefficient (Wildman–Crippen LogP) is 2.79. The van der Waals surface area contributed by atoms with E-state index in [9.17, 15) is 4.79 Å². The SMILES string of the molecule is CCOC(=O)Cc1ccc(Br)c(N)c1Cl. The standard InChI is InChI=1S/C10H11BrClNO2/c1-2-15-8(14)5-6-3-4-7(11)10(13)9(6)12/h3-4H,2,5,13H2,1H3. The summed E-state index contributed by atoms with van der Waals surface area (Å²) in [5.41, 5.74) is 6.82. The number of hydrogen-bond acceptors (Lipinski definition) is 3. The van der Waals surface area contributed by atoms with Gasteiger partial charge in [-0.15, -0.1) is 0 Å². The minimum atomic E-state index is -0.305. The van der Waals surface area contributed by atoms with Gasteiger partial charge in [-0.05, 0) is 34.5 Å². The van der Waals surface area contributed by atoms with E-state index in [0.29, 0.717) is 22.9 Å². The molecule has 2 N–H and O–H groups in total. The van der Waals surface area contributed by atoms with Crippen molar-refractivity contribution in [3.05, 3.63) is 27.2 Å². The zero-order valence-electron chi connectivity index (χ0n) is 8.22. The Kier molecular flexibility index (Phi) is 4.42. The molecule has 82 valence electrons. The summed E-state index contributed by atoms with van der Waals surface area (Å²) in [6, 6.07) is 3.51. The Labute approximate surface area is 102 Å². The van der Waals surface area contributed by atoms with E-state index >= 15 is 0 Å². The quantitative estimate of drug-likeness (QED) is 0.688. The van der Waals surface area contributed by atoms with Crippen LogP contribution in [0, 0.1) is 0 Å². The smallest absolute Gasteiger partial charge is 0.310 e. The molecule has 0 amide bonds. The lowest BCUT2D eigenvalue weighted by Gasteiger charge is -2.07. The number of benzene rings is 1. The third-order valence-corrected chi connectivity index (χ3v) is 2.98. The van der Waals surface area contributed by atoms with Gasteiger partial charge in [-0.2, -0.15) is 0 Å². The molecule has 5 heteroatoms. The third-order valence-electron chi connectivity index (χ3n) is 1.85. The fourth-order valence-electron chi connectivity index (χ4n) is 1.12. The highest BCUT2D eigenvalue weighted by atomic mass is 79.9. The Morgan fingerprint density at radius 3 is 2.87 bits per heavy atom. The van der Waals surface area contributed by atoms with Crippen molar-refractivity contribution in [1.82, 2.24) is 0 Å². The van der Waals surface area contributed by atoms with Crippen molar-refractivity contribution in [2.75, 3.05) is 12.3 Å². The number of anilines is 1. The molecule has 0 aliphatic heterocycles. The summed E-state index contributed by atoms with van der Waals surface area (Å²) in [6.07, 6.45) is 0.143. The molecule has 1 aromatic carbocycles. The largest absolute Gasteiger partial charge is 0.466 e. The van der Waals surface area contributed by atoms with Crippen LogP contribution in [0.3, 0.4) is 0 Å². The molecular formula is C10H11BrClNO2. The Morgan fingerprint density at radius 1 is 1.60 bits per heavy atom. The number of rotatable bonds is 3. The van der Waals surface area contributed by atoms with Crippen molar-refractivity contribution >= 4 is 39.2 Å². The first-order chi connectivity index (χ1) is 7.06. The first-order valence-corrected chi connectivity index (χ1v) is 5.61. The molecule has 0 saturated carbocycles. The highest BCUT2D eigenvalue weighted by Crippen LogP contribution is 2.31. The van der Waals surface area contributed by atoms with E-state index in [1.807, 2.05) is 0 Å². The summed E-state index contributed by atoms with van der Waals surface area (Å²) in [5, 5.41) is 0.400. The summed E-state index contributed by atoms with van der Waals surface area (Å²) in [5.74, 6) is -0.305. The third kappa shape index (κ3) is 3.11. The number of carbonyl (C=O) groups is 1. The number of ether oxygens (including phenoxy) is 1. The van der Waals surface area contributed by atoms with E-state index in [-0.39, 0.29) is 12.4 Å². The van der Waals surface area contributed by atoms with Crippen LogP contribution in [0.15, 0.2) is 16.6 Å². The van der Waals surface area contributed by atoms with Gasteiger partial charge in [0.2, 0.25) is 0 Å². The van der Waals surface area contributed by atoms with Crippen LogP contribution in [0.1, 0.15) is 12.5 Å². The van der Waals surface area contributed by atoms with Gasteiger partial charge in [-0.1, -0.05) is 17.7 Å². The second kappa shape index (κ2) is 5.37. The van der Waals surface area contributed by atoms with Gasteiger partial charge >= 0.3 is 5.97 Å². The Morgan fingerprint density at radius 2 is 2.27 bits per heavy atom. The van der Waals surface area contributed by atoms with E-state index in [2.05, 4.69) is 15.9 Å². The van der Waals surface area contributed by atoms with Crippen molar-refractivity contribution in [1.29, 1.82) is 0 Å². The van der Waals surface area contributed by atoms with Crippen molar-refractivity contribution < 1.29 is 9.53 Å². The number of nitrogen functional groups attached to an aromatic ring is 1. The van der Waals surface area contributed by atoms with Gasteiger partial charge in [0.05, 0.1) is 23.7 Å². The lowest BCUT2D eigenvalue weighted by atomic mass is 10.1. The summed E-state index contributed by atoms with van der Waals surface area (Å²) in [4.78, 5) is 11.2. The molecular weight excluding hydrogens is 281 g/mol. The molecule has 0 bridgehead atoms. The number of nitrogens with two attached hydrogens (primary N) is 1. The molecule has 0 fully saturated rings. The molecule has 0 aliphatic rings. The fourth-order valence-corrected chi connectivity index (χ4v) is 1.79. The summed E-state index contributed by atoms with van der Waals surface area (Å²) < 4.78 is 5.54. The lowest BCUT2D eigenvalue weighted by Crippen LogP contribution is -2.08. The minimum Gasteiger partial charge on any atom is -0.466 e. The van der Waals surface area contributed by atoms with Crippen LogP contribution in [0.4, 0.5) is 5.69 Å². The molecule has 0 atom stereocenters. The van der Waals surface area contributed by atoms with Gasteiger partial charge in [-0.25, -0.2) is 0 Å². The maximum atomic E-state index is 11.2. The first-order valence-electron chi connectivity index (χ1n) is 4.44. The second-order valence-corrected chi connectivity index (χ2v) is 4.15. The maximum Gasteiger partial charge on any atom is 0.310 e. The zero-order chi connectivity index (χ0) is 11.4. The minimum absolute atomic E-state index is 0.143. The van der Waals surface area contributed by atoms with Gasteiger partial charge in [-0.3, -0.25) is 4.79 Å². The van der Waals surface area contributed by atoms with Gasteiger partial charge < -0.3 is 10.5 Å². The molecule has 0 heterocycles. The second-order valence-electron chi connectivity index (χ2n) is 2.92. The molecule has 3 nitrogen and oxygen atoms in total. The normalized spacial score (nSPS) is 10.1. The van der Waals surface area contributed by atoms with Gasteiger partial charge in [0.1, 0.15) is 0 Å². The summed E-state index contributed by atoms with van der Waals surface area (Å²) in [6.45, 7) is 2.12. The first kappa shape index (κ1) is 12.3. The number of carbonyl (C=O) groups excluding carboxylic acids is 1. The molecule has 1 rings (SSSR count). The molecule has 1 aromatic rings. The van der Waals surface area contributed by atoms with Gasteiger partial charge in [0.15, 0.2) is 0 Å². The molecule has 0 aromatic heterocycles. The van der Waals surface area contributed by atoms with E-state index in [1.165, 1.54) is 0 Å².